The summed E-state index contributed by atoms with van der Waals surface area (Å²) in [6, 6.07) is 2.19. The lowest BCUT2D eigenvalue weighted by molar-refractivity contribution is -0.737. The van der Waals surface area contributed by atoms with Crippen molar-refractivity contribution in [3.05, 3.63) is 34.2 Å². The molecule has 0 radical (unpaired) electrons. The zero-order valence-corrected chi connectivity index (χ0v) is 9.17. The zero-order valence-electron chi connectivity index (χ0n) is 8.42. The number of rotatable bonds is 3. The molecule has 17 heavy (non-hydrogen) atoms. The first-order valence-corrected chi connectivity index (χ1v) is 4.57. The van der Waals surface area contributed by atoms with Gasteiger partial charge in [0.1, 0.15) is 5.56 Å². The molecule has 0 N–H and O–H groups in total. The van der Waals surface area contributed by atoms with Crippen LogP contribution in [0.1, 0.15) is 15.9 Å². The lowest BCUT2D eigenvalue weighted by atomic mass is 10.1. The van der Waals surface area contributed by atoms with Crippen molar-refractivity contribution in [3.63, 3.8) is 0 Å². The maximum absolute atomic E-state index is 12.5. The van der Waals surface area contributed by atoms with Gasteiger partial charge in [-0.2, -0.15) is 13.2 Å². The molecule has 1 aromatic carbocycles. The van der Waals surface area contributed by atoms with Gasteiger partial charge in [-0.05, 0) is 23.7 Å². The molecule has 0 heterocycles. The second-order valence-corrected chi connectivity index (χ2v) is 3.29. The van der Waals surface area contributed by atoms with Crippen LogP contribution in [-0.4, -0.2) is 17.3 Å². The maximum atomic E-state index is 12.5. The highest BCUT2D eigenvalue weighted by Gasteiger charge is 2.40. The summed E-state index contributed by atoms with van der Waals surface area (Å²) in [5.41, 5.74) is -2.27. The van der Waals surface area contributed by atoms with Gasteiger partial charge in [0.05, 0.1) is 4.91 Å². The zero-order chi connectivity index (χ0) is 13.2. The molecule has 0 aromatic heterocycles. The fourth-order valence-corrected chi connectivity index (χ4v) is 1.26. The largest absolute Gasteiger partial charge is 0.423 e. The lowest BCUT2D eigenvalue weighted by Gasteiger charge is -2.06. The van der Waals surface area contributed by atoms with Gasteiger partial charge in [-0.25, -0.2) is 4.84 Å². The lowest BCUT2D eigenvalue weighted by Crippen LogP contribution is -2.11. The van der Waals surface area contributed by atoms with E-state index in [1.807, 2.05) is 0 Å². The minimum absolute atomic E-state index is 0.229. The summed E-state index contributed by atoms with van der Waals surface area (Å²) in [5.74, 6) is 0. The number of benzene rings is 1. The van der Waals surface area contributed by atoms with Crippen LogP contribution in [0.25, 0.3) is 0 Å². The molecule has 0 amide bonds. The quantitative estimate of drug-likeness (QED) is 0.625. The summed E-state index contributed by atoms with van der Waals surface area (Å²) in [4.78, 5) is 25.7. The molecule has 0 atom stereocenters. The number of halogens is 4. The van der Waals surface area contributed by atoms with Crippen LogP contribution < -0.4 is 0 Å². The van der Waals surface area contributed by atoms with Gasteiger partial charge >= 0.3 is 11.9 Å². The fraction of sp³-hybridized carbons (Fsp3) is 0.222. The third-order valence-electron chi connectivity index (χ3n) is 1.89. The van der Waals surface area contributed by atoms with Crippen molar-refractivity contribution in [1.82, 2.24) is 0 Å². The van der Waals surface area contributed by atoms with E-state index < -0.39 is 22.7 Å². The van der Waals surface area contributed by atoms with Gasteiger partial charge in [-0.1, -0.05) is 0 Å². The van der Waals surface area contributed by atoms with Crippen molar-refractivity contribution in [2.45, 2.75) is 6.18 Å². The Morgan fingerprint density at radius 2 is 2.00 bits per heavy atom. The van der Waals surface area contributed by atoms with Gasteiger partial charge < -0.3 is 0 Å². The molecule has 0 unspecified atom stereocenters. The monoisotopic (exact) mass is 268 g/mol. The highest BCUT2D eigenvalue weighted by Crippen LogP contribution is 2.36. The molecule has 0 aliphatic carbocycles. The molecular formula is C9H6ClF3NO3+. The number of hydrogen-bond acceptors (Lipinski definition) is 3. The van der Waals surface area contributed by atoms with E-state index in [-0.39, 0.29) is 10.5 Å². The molecule has 0 saturated heterocycles. The number of carbonyl (C=O) groups excluding carboxylic acids is 1. The highest BCUT2D eigenvalue weighted by atomic mass is 35.5. The molecule has 8 heteroatoms. The van der Waals surface area contributed by atoms with Crippen molar-refractivity contribution in [2.24, 2.45) is 0 Å². The summed E-state index contributed by atoms with van der Waals surface area (Å²) in [7, 11) is 0.905. The number of nitrogens with zero attached hydrogens (tertiary/aromatic N) is 1. The topological polar surface area (TPSA) is 46.4 Å². The highest BCUT2D eigenvalue weighted by molar-refractivity contribution is 6.67. The Hall–Kier alpha value is -1.63. The van der Waals surface area contributed by atoms with E-state index in [1.54, 1.807) is 0 Å². The molecular weight excluding hydrogens is 263 g/mol. The summed E-state index contributed by atoms with van der Waals surface area (Å²) in [5, 5.41) is -0.968. The molecule has 0 fully saturated rings. The Morgan fingerprint density at radius 1 is 1.41 bits per heavy atom. The van der Waals surface area contributed by atoms with E-state index in [9.17, 15) is 22.9 Å². The minimum Gasteiger partial charge on any atom is -0.276 e. The number of alkyl halides is 3. The molecule has 4 nitrogen and oxygen atoms in total. The van der Waals surface area contributed by atoms with Crippen molar-refractivity contribution in [2.75, 3.05) is 7.11 Å². The standard InChI is InChI=1S/C9H6ClF3NO3/c1-17-14(16)7-4-5(8(10)15)2-3-6(7)9(11,12)13/h2-4H,1H3/q+1. The Labute approximate surface area is 98.5 Å². The Balaban J connectivity index is 3.42. The first-order chi connectivity index (χ1) is 7.77. The molecule has 1 rings (SSSR count). The summed E-state index contributed by atoms with van der Waals surface area (Å²) in [6.45, 7) is 0. The van der Waals surface area contributed by atoms with Gasteiger partial charge in [-0.3, -0.25) is 4.79 Å². The molecule has 1 aromatic rings. The predicted octanol–water partition coefficient (Wildman–Crippen LogP) is 3.06. The van der Waals surface area contributed by atoms with E-state index in [1.165, 1.54) is 0 Å². The minimum atomic E-state index is -4.73. The van der Waals surface area contributed by atoms with Crippen molar-refractivity contribution < 1.29 is 27.7 Å². The van der Waals surface area contributed by atoms with Crippen LogP contribution in [0.4, 0.5) is 18.9 Å². The van der Waals surface area contributed by atoms with Crippen molar-refractivity contribution in [1.29, 1.82) is 0 Å². The summed E-state index contributed by atoms with van der Waals surface area (Å²) >= 11 is 5.11. The van der Waals surface area contributed by atoms with Crippen molar-refractivity contribution >= 4 is 22.5 Å². The van der Waals surface area contributed by atoms with Gasteiger partial charge in [0.2, 0.25) is 0 Å². The number of hydrogen-bond donors (Lipinski definition) is 0. The van der Waals surface area contributed by atoms with Crippen LogP contribution >= 0.6 is 11.6 Å². The van der Waals surface area contributed by atoms with Crippen LogP contribution in [0, 0.1) is 4.91 Å². The van der Waals surface area contributed by atoms with E-state index >= 15 is 0 Å². The molecule has 92 valence electrons. The predicted molar refractivity (Wildman–Crippen MR) is 51.9 cm³/mol. The van der Waals surface area contributed by atoms with Crippen LogP contribution in [0.3, 0.4) is 0 Å². The first-order valence-electron chi connectivity index (χ1n) is 4.20. The second-order valence-electron chi connectivity index (χ2n) is 2.94. The maximum Gasteiger partial charge on any atom is 0.423 e. The fourth-order valence-electron chi connectivity index (χ4n) is 1.14. The van der Waals surface area contributed by atoms with E-state index in [0.717, 1.165) is 13.2 Å². The van der Waals surface area contributed by atoms with Crippen LogP contribution in [0.15, 0.2) is 18.2 Å². The van der Waals surface area contributed by atoms with E-state index in [4.69, 9.17) is 11.6 Å². The molecule has 0 bridgehead atoms. The average Bonchev–Trinajstić information content (AvgIpc) is 2.25. The van der Waals surface area contributed by atoms with Crippen molar-refractivity contribution in [3.8, 4) is 0 Å². The normalized spacial score (nSPS) is 11.1. The van der Waals surface area contributed by atoms with Gasteiger partial charge in [0.15, 0.2) is 7.11 Å². The van der Waals surface area contributed by atoms with Crippen LogP contribution in [0.5, 0.6) is 0 Å². The van der Waals surface area contributed by atoms with Gasteiger partial charge in [-0.15, -0.1) is 0 Å². The van der Waals surface area contributed by atoms with Gasteiger partial charge in [0.25, 0.3) is 10.2 Å². The Kier molecular flexibility index (Phi) is 3.72. The smallest absolute Gasteiger partial charge is 0.276 e. The van der Waals surface area contributed by atoms with E-state index in [2.05, 4.69) is 4.84 Å². The average molecular weight is 269 g/mol. The summed E-state index contributed by atoms with van der Waals surface area (Å²) in [6.07, 6.45) is -4.73. The van der Waals surface area contributed by atoms with Crippen LogP contribution in [-0.2, 0) is 11.0 Å². The first kappa shape index (κ1) is 13.4. The summed E-state index contributed by atoms with van der Waals surface area (Å²) < 4.78 is 37.6. The second kappa shape index (κ2) is 4.70. The third-order valence-corrected chi connectivity index (χ3v) is 2.11. The Morgan fingerprint density at radius 3 is 2.41 bits per heavy atom. The molecule has 0 saturated carbocycles. The molecule has 0 aliphatic heterocycles. The molecule has 0 spiro atoms. The van der Waals surface area contributed by atoms with Crippen LogP contribution in [0.2, 0.25) is 0 Å². The molecule has 0 aliphatic rings. The van der Waals surface area contributed by atoms with Gasteiger partial charge in [0, 0.05) is 11.6 Å². The Bertz CT molecular complexity index is 473. The number of carbonyl (C=O) groups is 1. The van der Waals surface area contributed by atoms with E-state index in [0.29, 0.717) is 12.1 Å². The third kappa shape index (κ3) is 2.94. The SMILES string of the molecule is CO[N+](=O)c1cc(C(=O)Cl)ccc1C(F)(F)F.